The van der Waals surface area contributed by atoms with Gasteiger partial charge in [0.05, 0.1) is 18.1 Å². The van der Waals surface area contributed by atoms with Gasteiger partial charge in [-0.3, -0.25) is 0 Å². The predicted molar refractivity (Wildman–Crippen MR) is 120 cm³/mol. The molecule has 4 aromatic carbocycles. The zero-order chi connectivity index (χ0) is 19.3. The smallest absolute Gasteiger partial charge is 0.286 e. The number of nitrogens with zero attached hydrogens (tertiary/aromatic N) is 3. The number of hydrogen-bond acceptors (Lipinski definition) is 1. The van der Waals surface area contributed by atoms with Crippen LogP contribution in [-0.2, 0) is 7.05 Å². The van der Waals surface area contributed by atoms with Crippen LogP contribution in [0.25, 0.3) is 59.8 Å². The van der Waals surface area contributed by atoms with E-state index in [4.69, 9.17) is 0 Å². The SMILES string of the molecule is Cc1ccc2c3ccccc3c3c4ccccc4n4c5cnc[n+](C)c5c1c2c34. The highest BCUT2D eigenvalue weighted by atomic mass is 15.0. The molecule has 3 aromatic heterocycles. The van der Waals surface area contributed by atoms with Crippen molar-refractivity contribution in [3.63, 3.8) is 0 Å². The van der Waals surface area contributed by atoms with E-state index in [2.05, 4.69) is 88.6 Å². The van der Waals surface area contributed by atoms with Crippen molar-refractivity contribution >= 4 is 59.8 Å². The highest BCUT2D eigenvalue weighted by Crippen LogP contribution is 2.45. The second-order valence-electron chi connectivity index (χ2n) is 8.04. The molecule has 3 heteroatoms. The fourth-order valence-corrected chi connectivity index (χ4v) is 5.39. The molecule has 0 aliphatic rings. The van der Waals surface area contributed by atoms with E-state index in [1.807, 2.05) is 12.5 Å². The van der Waals surface area contributed by atoms with Crippen molar-refractivity contribution in [1.29, 1.82) is 0 Å². The summed E-state index contributed by atoms with van der Waals surface area (Å²) in [4.78, 5) is 4.54. The number of hydrogen-bond donors (Lipinski definition) is 0. The minimum Gasteiger partial charge on any atom is -0.302 e. The van der Waals surface area contributed by atoms with Gasteiger partial charge in [0.15, 0.2) is 11.7 Å². The van der Waals surface area contributed by atoms with Crippen molar-refractivity contribution in [1.82, 2.24) is 9.38 Å². The number of para-hydroxylation sites is 1. The van der Waals surface area contributed by atoms with Gasteiger partial charge in [0.25, 0.3) is 6.33 Å². The highest BCUT2D eigenvalue weighted by Gasteiger charge is 2.24. The molecule has 0 aliphatic heterocycles. The highest BCUT2D eigenvalue weighted by molar-refractivity contribution is 6.37. The molecular weight excluding hydrogens is 354 g/mol. The van der Waals surface area contributed by atoms with Gasteiger partial charge in [0.2, 0.25) is 0 Å². The van der Waals surface area contributed by atoms with E-state index in [9.17, 15) is 0 Å². The first-order chi connectivity index (χ1) is 14.3. The van der Waals surface area contributed by atoms with Crippen molar-refractivity contribution in [3.05, 3.63) is 78.8 Å². The zero-order valence-electron chi connectivity index (χ0n) is 16.3. The maximum atomic E-state index is 4.54. The standard InChI is InChI=1S/C26H18N3/c1-15-11-12-18-16-7-3-4-8-17(16)23-19-9-5-6-10-20(19)29-21-13-27-14-28(2)25(21)22(15)24(18)26(23)29/h3-14H,1-2H3/q+1. The van der Waals surface area contributed by atoms with E-state index in [-0.39, 0.29) is 0 Å². The Morgan fingerprint density at radius 3 is 2.31 bits per heavy atom. The van der Waals surface area contributed by atoms with E-state index in [1.165, 1.54) is 59.8 Å². The summed E-state index contributed by atoms with van der Waals surface area (Å²) < 4.78 is 4.59. The fourth-order valence-electron chi connectivity index (χ4n) is 5.39. The maximum Gasteiger partial charge on any atom is 0.286 e. The molecule has 0 unspecified atom stereocenters. The molecule has 0 atom stereocenters. The average molecular weight is 372 g/mol. The summed E-state index contributed by atoms with van der Waals surface area (Å²) in [6.07, 6.45) is 3.92. The summed E-state index contributed by atoms with van der Waals surface area (Å²) in [5.74, 6) is 0. The van der Waals surface area contributed by atoms with Crippen LogP contribution >= 0.6 is 0 Å². The molecule has 0 bridgehead atoms. The van der Waals surface area contributed by atoms with E-state index in [0.29, 0.717) is 0 Å². The third-order valence-electron chi connectivity index (χ3n) is 6.52. The molecular formula is C26H18N3+. The van der Waals surface area contributed by atoms with E-state index in [1.54, 1.807) is 0 Å². The van der Waals surface area contributed by atoms with Gasteiger partial charge in [0.1, 0.15) is 5.52 Å². The van der Waals surface area contributed by atoms with Crippen LogP contribution in [0.3, 0.4) is 0 Å². The minimum atomic E-state index is 1.15. The maximum absolute atomic E-state index is 4.54. The summed E-state index contributed by atoms with van der Waals surface area (Å²) in [5.41, 5.74) is 6.22. The first kappa shape index (κ1) is 15.2. The summed E-state index contributed by atoms with van der Waals surface area (Å²) >= 11 is 0. The van der Waals surface area contributed by atoms with Crippen LogP contribution in [0.2, 0.25) is 0 Å². The molecule has 3 heterocycles. The predicted octanol–water partition coefficient (Wildman–Crippen LogP) is 5.67. The van der Waals surface area contributed by atoms with E-state index >= 15 is 0 Å². The molecule has 7 aromatic rings. The Morgan fingerprint density at radius 1 is 0.724 bits per heavy atom. The number of aryl methyl sites for hydroxylation is 2. The number of fused-ring (bicyclic) bond motifs is 9. The number of benzene rings is 4. The van der Waals surface area contributed by atoms with Crippen LogP contribution < -0.4 is 4.57 Å². The van der Waals surface area contributed by atoms with Gasteiger partial charge in [-0.1, -0.05) is 59.6 Å². The zero-order valence-corrected chi connectivity index (χ0v) is 16.3. The fraction of sp³-hybridized carbons (Fsp3) is 0.0769. The summed E-state index contributed by atoms with van der Waals surface area (Å²) in [7, 11) is 2.10. The Labute approximate surface area is 166 Å². The minimum absolute atomic E-state index is 1.15. The lowest BCUT2D eigenvalue weighted by Gasteiger charge is -2.15. The molecule has 0 fully saturated rings. The van der Waals surface area contributed by atoms with E-state index < -0.39 is 0 Å². The lowest BCUT2D eigenvalue weighted by molar-refractivity contribution is -0.647. The first-order valence-corrected chi connectivity index (χ1v) is 9.97. The van der Waals surface area contributed by atoms with Crippen LogP contribution in [0.1, 0.15) is 5.56 Å². The van der Waals surface area contributed by atoms with Gasteiger partial charge in [-0.25, -0.2) is 4.57 Å². The Balaban J connectivity index is 2.06. The number of rotatable bonds is 0. The Kier molecular flexibility index (Phi) is 2.63. The number of pyridine rings is 1. The Hall–Kier alpha value is -3.72. The molecule has 0 spiro atoms. The van der Waals surface area contributed by atoms with Gasteiger partial charge >= 0.3 is 0 Å². The molecule has 7 rings (SSSR count). The van der Waals surface area contributed by atoms with Crippen molar-refractivity contribution in [2.75, 3.05) is 0 Å². The first-order valence-electron chi connectivity index (χ1n) is 9.97. The van der Waals surface area contributed by atoms with E-state index in [0.717, 1.165) is 5.52 Å². The monoisotopic (exact) mass is 372 g/mol. The second kappa shape index (κ2) is 5.00. The molecule has 0 radical (unpaired) electrons. The van der Waals surface area contributed by atoms with Crippen LogP contribution in [0.15, 0.2) is 73.2 Å². The average Bonchev–Trinajstić information content (AvgIpc) is 3.10. The van der Waals surface area contributed by atoms with Crippen molar-refractivity contribution in [2.24, 2.45) is 7.05 Å². The van der Waals surface area contributed by atoms with Crippen LogP contribution in [0.4, 0.5) is 0 Å². The summed E-state index contributed by atoms with van der Waals surface area (Å²) in [6, 6.07) is 22.1. The Morgan fingerprint density at radius 2 is 1.45 bits per heavy atom. The number of aromatic nitrogens is 3. The van der Waals surface area contributed by atoms with Gasteiger partial charge in [-0.05, 0) is 34.7 Å². The van der Waals surface area contributed by atoms with Gasteiger partial charge in [0, 0.05) is 21.5 Å². The summed E-state index contributed by atoms with van der Waals surface area (Å²) in [5, 5.41) is 9.27. The quantitative estimate of drug-likeness (QED) is 0.191. The van der Waals surface area contributed by atoms with Gasteiger partial charge in [-0.2, -0.15) is 0 Å². The lowest BCUT2D eigenvalue weighted by Crippen LogP contribution is -2.30. The topological polar surface area (TPSA) is 21.2 Å². The van der Waals surface area contributed by atoms with Crippen molar-refractivity contribution < 1.29 is 4.57 Å². The third kappa shape index (κ3) is 1.66. The molecule has 0 saturated carbocycles. The van der Waals surface area contributed by atoms with Gasteiger partial charge in [-0.15, -0.1) is 0 Å². The molecule has 0 saturated heterocycles. The molecule has 0 N–H and O–H groups in total. The van der Waals surface area contributed by atoms with Crippen LogP contribution in [-0.4, -0.2) is 9.38 Å². The second-order valence-corrected chi connectivity index (χ2v) is 8.04. The van der Waals surface area contributed by atoms with Crippen molar-refractivity contribution in [3.8, 4) is 0 Å². The normalized spacial score (nSPS) is 12.5. The molecule has 29 heavy (non-hydrogen) atoms. The lowest BCUT2D eigenvalue weighted by atomic mass is 9.92. The third-order valence-corrected chi connectivity index (χ3v) is 6.52. The summed E-state index contributed by atoms with van der Waals surface area (Å²) in [6.45, 7) is 2.22. The molecule has 0 amide bonds. The molecule has 0 aliphatic carbocycles. The largest absolute Gasteiger partial charge is 0.302 e. The van der Waals surface area contributed by atoms with Crippen molar-refractivity contribution in [2.45, 2.75) is 6.92 Å². The molecule has 136 valence electrons. The van der Waals surface area contributed by atoms with Crippen LogP contribution in [0.5, 0.6) is 0 Å². The van der Waals surface area contributed by atoms with Gasteiger partial charge < -0.3 is 4.40 Å². The Bertz CT molecular complexity index is 1770. The van der Waals surface area contributed by atoms with Crippen LogP contribution in [0, 0.1) is 6.92 Å². The molecule has 3 nitrogen and oxygen atoms in total.